The van der Waals surface area contributed by atoms with E-state index in [1.807, 2.05) is 0 Å². The second-order valence-electron chi connectivity index (χ2n) is 4.11. The van der Waals surface area contributed by atoms with E-state index in [2.05, 4.69) is 21.2 Å². The normalized spacial score (nSPS) is 10.5. The molecular formula is C13H8BrF3N2O2. The molecule has 4 nitrogen and oxygen atoms in total. The van der Waals surface area contributed by atoms with Crippen LogP contribution in [-0.2, 0) is 6.54 Å². The summed E-state index contributed by atoms with van der Waals surface area (Å²) in [7, 11) is 0. The van der Waals surface area contributed by atoms with Crippen molar-refractivity contribution < 1.29 is 18.1 Å². The Labute approximate surface area is 125 Å². The Hall–Kier alpha value is -2.09. The molecule has 8 heteroatoms. The van der Waals surface area contributed by atoms with E-state index in [1.54, 1.807) is 0 Å². The van der Waals surface area contributed by atoms with Crippen molar-refractivity contribution in [2.75, 3.05) is 5.32 Å². The maximum atomic E-state index is 13.8. The molecule has 1 N–H and O–H groups in total. The van der Waals surface area contributed by atoms with Crippen LogP contribution in [0, 0.1) is 27.6 Å². The number of nitro benzene ring substituents is 1. The van der Waals surface area contributed by atoms with Gasteiger partial charge in [0.05, 0.1) is 15.1 Å². The molecule has 0 aliphatic carbocycles. The molecule has 0 amide bonds. The standard InChI is InChI=1S/C13H8BrF3N2O2/c14-8-4-10(16)11(5-9(8)15)18-6-7-2-1-3-12(13(7)17)19(20)21/h1-5,18H,6H2. The number of hydrogen-bond acceptors (Lipinski definition) is 3. The molecule has 0 saturated carbocycles. The first kappa shape index (κ1) is 15.3. The molecule has 0 atom stereocenters. The van der Waals surface area contributed by atoms with Crippen LogP contribution in [0.5, 0.6) is 0 Å². The highest BCUT2D eigenvalue weighted by Gasteiger charge is 2.17. The first-order valence-corrected chi connectivity index (χ1v) is 6.49. The molecule has 0 aromatic heterocycles. The van der Waals surface area contributed by atoms with Crippen molar-refractivity contribution in [2.24, 2.45) is 0 Å². The largest absolute Gasteiger partial charge is 0.378 e. The Balaban J connectivity index is 2.23. The minimum absolute atomic E-state index is 0.0214. The molecule has 2 rings (SSSR count). The Kier molecular flexibility index (Phi) is 4.46. The summed E-state index contributed by atoms with van der Waals surface area (Å²) < 4.78 is 40.7. The first-order chi connectivity index (χ1) is 9.90. The van der Waals surface area contributed by atoms with Gasteiger partial charge < -0.3 is 5.32 Å². The SMILES string of the molecule is O=[N+]([O-])c1cccc(CNc2cc(F)c(Br)cc2F)c1F. The lowest BCUT2D eigenvalue weighted by molar-refractivity contribution is -0.387. The van der Waals surface area contributed by atoms with Gasteiger partial charge in [-0.25, -0.2) is 8.78 Å². The van der Waals surface area contributed by atoms with Crippen molar-refractivity contribution in [3.05, 3.63) is 67.9 Å². The third-order valence-corrected chi connectivity index (χ3v) is 3.34. The fourth-order valence-electron chi connectivity index (χ4n) is 1.69. The molecule has 0 fully saturated rings. The van der Waals surface area contributed by atoms with E-state index < -0.39 is 28.1 Å². The average molecular weight is 361 g/mol. The highest BCUT2D eigenvalue weighted by molar-refractivity contribution is 9.10. The van der Waals surface area contributed by atoms with Gasteiger partial charge in [-0.1, -0.05) is 12.1 Å². The minimum atomic E-state index is -1.01. The van der Waals surface area contributed by atoms with E-state index in [0.29, 0.717) is 0 Å². The second-order valence-corrected chi connectivity index (χ2v) is 4.96. The summed E-state index contributed by atoms with van der Waals surface area (Å²) in [5.41, 5.74) is -0.856. The lowest BCUT2D eigenvalue weighted by Crippen LogP contribution is -2.05. The van der Waals surface area contributed by atoms with Crippen LogP contribution in [0.3, 0.4) is 0 Å². The number of halogens is 4. The highest BCUT2D eigenvalue weighted by Crippen LogP contribution is 2.25. The van der Waals surface area contributed by atoms with Crippen LogP contribution in [0.25, 0.3) is 0 Å². The van der Waals surface area contributed by atoms with Crippen LogP contribution in [0.1, 0.15) is 5.56 Å². The molecular weight excluding hydrogens is 353 g/mol. The summed E-state index contributed by atoms with van der Waals surface area (Å²) in [6.45, 7) is -0.217. The monoisotopic (exact) mass is 360 g/mol. The van der Waals surface area contributed by atoms with Gasteiger partial charge in [0.1, 0.15) is 11.6 Å². The van der Waals surface area contributed by atoms with Crippen LogP contribution in [0.4, 0.5) is 24.5 Å². The average Bonchev–Trinajstić information content (AvgIpc) is 2.42. The number of nitrogens with one attached hydrogen (secondary N) is 1. The van der Waals surface area contributed by atoms with Crippen molar-refractivity contribution >= 4 is 27.3 Å². The fourth-order valence-corrected chi connectivity index (χ4v) is 2.01. The van der Waals surface area contributed by atoms with Crippen molar-refractivity contribution in [1.82, 2.24) is 0 Å². The second kappa shape index (κ2) is 6.13. The van der Waals surface area contributed by atoms with Crippen LogP contribution in [0.2, 0.25) is 0 Å². The van der Waals surface area contributed by atoms with Gasteiger partial charge in [-0.15, -0.1) is 0 Å². The molecule has 2 aromatic carbocycles. The van der Waals surface area contributed by atoms with Crippen LogP contribution >= 0.6 is 15.9 Å². The lowest BCUT2D eigenvalue weighted by Gasteiger charge is -2.09. The van der Waals surface area contributed by atoms with Gasteiger partial charge in [0.15, 0.2) is 0 Å². The zero-order chi connectivity index (χ0) is 15.6. The van der Waals surface area contributed by atoms with E-state index in [9.17, 15) is 23.3 Å². The molecule has 0 heterocycles. The third kappa shape index (κ3) is 3.33. The first-order valence-electron chi connectivity index (χ1n) is 5.70. The predicted octanol–water partition coefficient (Wildman–Crippen LogP) is 4.39. The molecule has 0 saturated heterocycles. The van der Waals surface area contributed by atoms with Crippen molar-refractivity contribution in [2.45, 2.75) is 6.54 Å². The van der Waals surface area contributed by atoms with E-state index >= 15 is 0 Å². The Morgan fingerprint density at radius 2 is 1.90 bits per heavy atom. The lowest BCUT2D eigenvalue weighted by atomic mass is 10.1. The van der Waals surface area contributed by atoms with Gasteiger partial charge in [-0.05, 0) is 22.0 Å². The topological polar surface area (TPSA) is 55.2 Å². The summed E-state index contributed by atoms with van der Waals surface area (Å²) >= 11 is 2.84. The molecule has 0 aliphatic rings. The minimum Gasteiger partial charge on any atom is -0.378 e. The quantitative estimate of drug-likeness (QED) is 0.499. The molecule has 0 radical (unpaired) electrons. The predicted molar refractivity (Wildman–Crippen MR) is 74.4 cm³/mol. The van der Waals surface area contributed by atoms with E-state index in [4.69, 9.17) is 0 Å². The zero-order valence-corrected chi connectivity index (χ0v) is 12.0. The molecule has 0 unspecified atom stereocenters. The van der Waals surface area contributed by atoms with E-state index in [-0.39, 0.29) is 22.3 Å². The van der Waals surface area contributed by atoms with Crippen molar-refractivity contribution in [3.8, 4) is 0 Å². The summed E-state index contributed by atoms with van der Waals surface area (Å²) in [5, 5.41) is 13.1. The number of nitrogens with zero attached hydrogens (tertiary/aromatic N) is 1. The Morgan fingerprint density at radius 1 is 1.19 bits per heavy atom. The summed E-state index contributed by atoms with van der Waals surface area (Å²) in [6.07, 6.45) is 0. The fraction of sp³-hybridized carbons (Fsp3) is 0.0769. The van der Waals surface area contributed by atoms with Gasteiger partial charge in [0.2, 0.25) is 5.82 Å². The van der Waals surface area contributed by atoms with E-state index in [1.165, 1.54) is 12.1 Å². The van der Waals surface area contributed by atoms with Gasteiger partial charge >= 0.3 is 5.69 Å². The molecule has 0 aliphatic heterocycles. The van der Waals surface area contributed by atoms with Crippen molar-refractivity contribution in [1.29, 1.82) is 0 Å². The molecule has 2 aromatic rings. The van der Waals surface area contributed by atoms with Crippen LogP contribution in [0.15, 0.2) is 34.8 Å². The number of benzene rings is 2. The van der Waals surface area contributed by atoms with Gasteiger partial charge in [-0.2, -0.15) is 4.39 Å². The molecule has 21 heavy (non-hydrogen) atoms. The van der Waals surface area contributed by atoms with Crippen LogP contribution in [-0.4, -0.2) is 4.92 Å². The van der Waals surface area contributed by atoms with Gasteiger partial charge in [0, 0.05) is 24.2 Å². The zero-order valence-electron chi connectivity index (χ0n) is 10.4. The van der Waals surface area contributed by atoms with E-state index in [0.717, 1.165) is 18.2 Å². The number of hydrogen-bond donors (Lipinski definition) is 1. The van der Waals surface area contributed by atoms with Gasteiger partial charge in [0.25, 0.3) is 0 Å². The maximum absolute atomic E-state index is 13.8. The van der Waals surface area contributed by atoms with Crippen molar-refractivity contribution in [3.63, 3.8) is 0 Å². The smallest absolute Gasteiger partial charge is 0.305 e. The summed E-state index contributed by atoms with van der Waals surface area (Å²) in [6, 6.07) is 5.51. The van der Waals surface area contributed by atoms with Gasteiger partial charge in [-0.3, -0.25) is 10.1 Å². The molecule has 110 valence electrons. The Morgan fingerprint density at radius 3 is 2.57 bits per heavy atom. The Bertz CT molecular complexity index is 710. The summed E-state index contributed by atoms with van der Waals surface area (Å²) in [5.74, 6) is -2.42. The number of rotatable bonds is 4. The summed E-state index contributed by atoms with van der Waals surface area (Å²) in [4.78, 5) is 9.77. The number of nitro groups is 1. The number of anilines is 1. The third-order valence-electron chi connectivity index (χ3n) is 2.73. The van der Waals surface area contributed by atoms with Crippen LogP contribution < -0.4 is 5.32 Å². The molecule has 0 spiro atoms. The maximum Gasteiger partial charge on any atom is 0.305 e. The molecule has 0 bridgehead atoms. The highest BCUT2D eigenvalue weighted by atomic mass is 79.9.